The van der Waals surface area contributed by atoms with E-state index in [9.17, 15) is 28.8 Å². The third-order valence-electron chi connectivity index (χ3n) is 5.64. The van der Waals surface area contributed by atoms with Crippen molar-refractivity contribution in [3.05, 3.63) is 0 Å². The van der Waals surface area contributed by atoms with Crippen LogP contribution in [0.3, 0.4) is 0 Å². The Morgan fingerprint density at radius 1 is 0.657 bits per heavy atom. The van der Waals surface area contributed by atoms with Gasteiger partial charge in [0, 0.05) is 13.8 Å². The molecule has 0 radical (unpaired) electrons. The van der Waals surface area contributed by atoms with Crippen LogP contribution < -0.4 is 0 Å². The Hall–Kier alpha value is -2.78. The van der Waals surface area contributed by atoms with Gasteiger partial charge in [-0.25, -0.2) is 0 Å². The predicted octanol–water partition coefficient (Wildman–Crippen LogP) is 3.92. The first-order chi connectivity index (χ1) is 16.3. The molecule has 202 valence electrons. The molecule has 10 nitrogen and oxygen atoms in total. The van der Waals surface area contributed by atoms with Gasteiger partial charge in [-0.3, -0.25) is 28.8 Å². The number of carbonyl (C=O) groups excluding carboxylic acids is 6. The number of carbonyl (C=O) groups is 6. The maximum absolute atomic E-state index is 12.0. The van der Waals surface area contributed by atoms with E-state index < -0.39 is 46.6 Å². The second-order valence-corrected chi connectivity index (χ2v) is 8.22. The lowest BCUT2D eigenvalue weighted by Crippen LogP contribution is -2.46. The van der Waals surface area contributed by atoms with Crippen LogP contribution in [-0.4, -0.2) is 49.0 Å². The maximum Gasteiger partial charge on any atom is 0.331 e. The van der Waals surface area contributed by atoms with Gasteiger partial charge < -0.3 is 18.9 Å². The molecule has 0 aliphatic heterocycles. The Bertz CT molecular complexity index is 743. The number of hydrogen-bond acceptors (Lipinski definition) is 10. The van der Waals surface area contributed by atoms with E-state index in [-0.39, 0.29) is 32.0 Å². The van der Waals surface area contributed by atoms with E-state index in [0.717, 1.165) is 20.3 Å². The molecule has 0 aromatic carbocycles. The maximum atomic E-state index is 12.0. The lowest BCUT2D eigenvalue weighted by Gasteiger charge is -2.30. The lowest BCUT2D eigenvalue weighted by molar-refractivity contribution is -0.180. The van der Waals surface area contributed by atoms with Crippen molar-refractivity contribution >= 4 is 35.8 Å². The van der Waals surface area contributed by atoms with Gasteiger partial charge in [0.2, 0.25) is 0 Å². The molecule has 0 amide bonds. The highest BCUT2D eigenvalue weighted by atomic mass is 16.6. The number of ether oxygens (including phenoxy) is 4. The summed E-state index contributed by atoms with van der Waals surface area (Å²) >= 11 is 0. The van der Waals surface area contributed by atoms with Crippen LogP contribution in [0.2, 0.25) is 0 Å². The Balaban J connectivity index is 0. The highest BCUT2D eigenvalue weighted by Gasteiger charge is 2.50. The second-order valence-electron chi connectivity index (χ2n) is 8.22. The molecule has 2 unspecified atom stereocenters. The smallest absolute Gasteiger partial charge is 0.331 e. The van der Waals surface area contributed by atoms with E-state index in [1.165, 1.54) is 0 Å². The second kappa shape index (κ2) is 16.8. The van der Waals surface area contributed by atoms with Gasteiger partial charge in [-0.2, -0.15) is 0 Å². The molecule has 0 N–H and O–H groups in total. The van der Waals surface area contributed by atoms with E-state index in [4.69, 9.17) is 9.47 Å². The van der Waals surface area contributed by atoms with E-state index in [1.54, 1.807) is 41.5 Å². The molecule has 0 bridgehead atoms. The van der Waals surface area contributed by atoms with Crippen molar-refractivity contribution in [1.82, 2.24) is 0 Å². The monoisotopic (exact) mass is 502 g/mol. The van der Waals surface area contributed by atoms with Crippen LogP contribution in [0, 0.1) is 16.7 Å². The lowest BCUT2D eigenvalue weighted by atomic mass is 9.75. The number of hydrogen-bond donors (Lipinski definition) is 0. The zero-order chi connectivity index (χ0) is 27.8. The molecule has 0 saturated carbocycles. The summed E-state index contributed by atoms with van der Waals surface area (Å²) in [6, 6.07) is 0. The summed E-state index contributed by atoms with van der Waals surface area (Å²) in [4.78, 5) is 69.5. The van der Waals surface area contributed by atoms with Gasteiger partial charge in [-0.15, -0.1) is 0 Å². The van der Waals surface area contributed by atoms with Gasteiger partial charge >= 0.3 is 35.8 Å². The summed E-state index contributed by atoms with van der Waals surface area (Å²) in [5.74, 6) is -4.61. The summed E-state index contributed by atoms with van der Waals surface area (Å²) in [6.07, 6.45) is 2.37. The molecule has 0 heterocycles. The van der Waals surface area contributed by atoms with Crippen molar-refractivity contribution in [2.24, 2.45) is 16.7 Å². The first-order valence-corrected chi connectivity index (χ1v) is 12.1. The summed E-state index contributed by atoms with van der Waals surface area (Å²) < 4.78 is 19.0. The van der Waals surface area contributed by atoms with Crippen molar-refractivity contribution in [1.29, 1.82) is 0 Å². The number of unbranched alkanes of at least 4 members (excludes halogenated alkanes) is 1. The predicted molar refractivity (Wildman–Crippen MR) is 127 cm³/mol. The van der Waals surface area contributed by atoms with Gasteiger partial charge in [-0.1, -0.05) is 47.5 Å². The van der Waals surface area contributed by atoms with Crippen LogP contribution in [0.5, 0.6) is 0 Å². The first-order valence-electron chi connectivity index (χ1n) is 12.1. The molecule has 0 aromatic rings. The van der Waals surface area contributed by atoms with Crippen LogP contribution in [0.15, 0.2) is 0 Å². The number of rotatable bonds is 12. The molecule has 2 atom stereocenters. The summed E-state index contributed by atoms with van der Waals surface area (Å²) in [6.45, 7) is 14.8. The molecule has 0 spiro atoms. The SMILES string of the molecule is CCCCC(CC)(C(=O)OCC)C(=O)OC(C)=O.CCOC(=O)C(CC)(C(=O)OC(C)=O)C(C)C. The van der Waals surface area contributed by atoms with Crippen molar-refractivity contribution in [3.8, 4) is 0 Å². The normalized spacial score (nSPS) is 13.8. The standard InChI is InChI=1S/C13H22O5.C12H20O5/c1-5-8-9-13(6-2,11(15)17-7-3)12(16)18-10(4)14;1-6-12(8(3)4,10(14)16-7-2)11(15)17-9(5)13/h5-9H2,1-4H3;8H,6-7H2,1-5H3. The van der Waals surface area contributed by atoms with Crippen molar-refractivity contribution < 1.29 is 47.7 Å². The molecule has 0 rings (SSSR count). The first kappa shape index (κ1) is 34.4. The molecule has 0 aliphatic carbocycles. The minimum Gasteiger partial charge on any atom is -0.465 e. The van der Waals surface area contributed by atoms with Gasteiger partial charge in [0.1, 0.15) is 0 Å². The molecule has 35 heavy (non-hydrogen) atoms. The van der Waals surface area contributed by atoms with E-state index >= 15 is 0 Å². The number of esters is 6. The van der Waals surface area contributed by atoms with Crippen LogP contribution in [0.4, 0.5) is 0 Å². The van der Waals surface area contributed by atoms with Gasteiger partial charge in [0.25, 0.3) is 0 Å². The van der Waals surface area contributed by atoms with Crippen LogP contribution >= 0.6 is 0 Å². The Kier molecular flexibility index (Phi) is 16.5. The third kappa shape index (κ3) is 9.78. The van der Waals surface area contributed by atoms with E-state index in [0.29, 0.717) is 12.8 Å². The Morgan fingerprint density at radius 3 is 1.46 bits per heavy atom. The highest BCUT2D eigenvalue weighted by Crippen LogP contribution is 2.35. The molecule has 0 aliphatic rings. The third-order valence-corrected chi connectivity index (χ3v) is 5.64. The fourth-order valence-corrected chi connectivity index (χ4v) is 3.46. The minimum absolute atomic E-state index is 0.181. The molecular formula is C25H42O10. The Labute approximate surface area is 208 Å². The minimum atomic E-state index is -1.40. The van der Waals surface area contributed by atoms with Gasteiger partial charge in [0.05, 0.1) is 13.2 Å². The molecular weight excluding hydrogens is 460 g/mol. The molecule has 0 aromatic heterocycles. The van der Waals surface area contributed by atoms with Crippen molar-refractivity contribution in [2.45, 2.75) is 94.4 Å². The van der Waals surface area contributed by atoms with Crippen LogP contribution in [0.25, 0.3) is 0 Å². The fraction of sp³-hybridized carbons (Fsp3) is 0.760. The topological polar surface area (TPSA) is 139 Å². The summed E-state index contributed by atoms with van der Waals surface area (Å²) in [5.41, 5.74) is -2.75. The molecule has 0 fully saturated rings. The highest BCUT2D eigenvalue weighted by molar-refractivity contribution is 6.04. The summed E-state index contributed by atoms with van der Waals surface area (Å²) in [5, 5.41) is 0. The summed E-state index contributed by atoms with van der Waals surface area (Å²) in [7, 11) is 0. The fourth-order valence-electron chi connectivity index (χ4n) is 3.46. The van der Waals surface area contributed by atoms with E-state index in [1.807, 2.05) is 6.92 Å². The van der Waals surface area contributed by atoms with Crippen molar-refractivity contribution in [3.63, 3.8) is 0 Å². The van der Waals surface area contributed by atoms with Crippen LogP contribution in [-0.2, 0) is 47.7 Å². The van der Waals surface area contributed by atoms with Gasteiger partial charge in [0.15, 0.2) is 10.8 Å². The Morgan fingerprint density at radius 2 is 1.11 bits per heavy atom. The quantitative estimate of drug-likeness (QED) is 0.219. The molecule has 10 heteroatoms. The average Bonchev–Trinajstić information content (AvgIpc) is 2.75. The molecule has 0 saturated heterocycles. The van der Waals surface area contributed by atoms with Crippen LogP contribution in [0.1, 0.15) is 94.4 Å². The zero-order valence-corrected chi connectivity index (χ0v) is 22.6. The zero-order valence-electron chi connectivity index (χ0n) is 22.6. The largest absolute Gasteiger partial charge is 0.465 e. The van der Waals surface area contributed by atoms with Gasteiger partial charge in [-0.05, 0) is 39.0 Å². The average molecular weight is 503 g/mol. The van der Waals surface area contributed by atoms with E-state index in [2.05, 4.69) is 9.47 Å². The van der Waals surface area contributed by atoms with Crippen molar-refractivity contribution in [2.75, 3.05) is 13.2 Å².